The number of ether oxygens (including phenoxy) is 4. The second-order valence-electron chi connectivity index (χ2n) is 8.97. The van der Waals surface area contributed by atoms with Crippen LogP contribution < -0.4 is 24.6 Å². The zero-order chi connectivity index (χ0) is 26.4. The molecule has 198 valence electrons. The fraction of sp³-hybridized carbons (Fsp3) is 0.458. The average Bonchev–Trinajstić information content (AvgIpc) is 3.59. The van der Waals surface area contributed by atoms with Crippen molar-refractivity contribution in [2.45, 2.75) is 31.1 Å². The maximum absolute atomic E-state index is 12.1. The Morgan fingerprint density at radius 1 is 1.24 bits per heavy atom. The molecule has 0 radical (unpaired) electrons. The molecule has 11 nitrogen and oxygen atoms in total. The second-order valence-corrected chi connectivity index (χ2v) is 9.72. The Morgan fingerprint density at radius 2 is 1.95 bits per heavy atom. The molecule has 3 aliphatic heterocycles. The lowest BCUT2D eigenvalue weighted by Crippen LogP contribution is -2.46. The largest absolute Gasteiger partial charge is 0.495 e. The summed E-state index contributed by atoms with van der Waals surface area (Å²) in [4.78, 5) is 27.0. The van der Waals surface area contributed by atoms with Crippen LogP contribution in [0.25, 0.3) is 0 Å². The van der Waals surface area contributed by atoms with Gasteiger partial charge < -0.3 is 39.0 Å². The third kappa shape index (κ3) is 4.50. The minimum absolute atomic E-state index is 0.173. The molecule has 4 unspecified atom stereocenters. The van der Waals surface area contributed by atoms with Gasteiger partial charge in [0.25, 0.3) is 0 Å². The molecule has 0 saturated carbocycles. The summed E-state index contributed by atoms with van der Waals surface area (Å²) in [6, 6.07) is 1.30. The molecule has 0 aliphatic carbocycles. The van der Waals surface area contributed by atoms with Crippen LogP contribution in [0.3, 0.4) is 0 Å². The number of rotatable bonds is 7. The molecule has 0 bridgehead atoms. The second kappa shape index (κ2) is 10.1. The SMILES string of the molecule is C=CC(=O)N(C)C1COCC1Nc1ncc2c(n1)N(C)C1OC1N(c1c(Cl)c(OC)cc(OC)c1Cl)C2. The van der Waals surface area contributed by atoms with Gasteiger partial charge in [-0.25, -0.2) is 4.98 Å². The first-order valence-electron chi connectivity index (χ1n) is 11.6. The minimum atomic E-state index is -0.311. The van der Waals surface area contributed by atoms with E-state index >= 15 is 0 Å². The van der Waals surface area contributed by atoms with Gasteiger partial charge in [-0.1, -0.05) is 29.8 Å². The number of carbonyl (C=O) groups is 1. The van der Waals surface area contributed by atoms with Gasteiger partial charge in [-0.3, -0.25) is 4.79 Å². The lowest BCUT2D eigenvalue weighted by Gasteiger charge is -2.28. The van der Waals surface area contributed by atoms with Crippen molar-refractivity contribution in [1.82, 2.24) is 14.9 Å². The van der Waals surface area contributed by atoms with Crippen LogP contribution in [0.5, 0.6) is 11.5 Å². The standard InChI is InChI=1S/C24H28Cl2N6O5/c1-6-17(33)30(2)14-11-36-10-13(14)28-24-27-8-12-9-32(23-22(37-23)31(3)21(12)29-24)20-18(25)15(34-4)7-16(35-5)19(20)26/h6-8,13-14,22-23H,1,9-11H2,2-5H3,(H,27,28,29). The zero-order valence-corrected chi connectivity index (χ0v) is 22.4. The normalized spacial score (nSPS) is 24.1. The molecular weight excluding hydrogens is 523 g/mol. The Labute approximate surface area is 224 Å². The third-order valence-corrected chi connectivity index (χ3v) is 7.60. The third-order valence-electron chi connectivity index (χ3n) is 6.87. The summed E-state index contributed by atoms with van der Waals surface area (Å²) in [6.45, 7) is 4.80. The number of nitrogens with zero attached hydrogens (tertiary/aromatic N) is 5. The van der Waals surface area contributed by atoms with Crippen LogP contribution in [0.4, 0.5) is 17.5 Å². The molecule has 0 spiro atoms. The van der Waals surface area contributed by atoms with Gasteiger partial charge in [0.1, 0.15) is 27.4 Å². The van der Waals surface area contributed by atoms with E-state index in [1.165, 1.54) is 20.3 Å². The van der Waals surface area contributed by atoms with E-state index in [0.717, 1.165) is 5.56 Å². The van der Waals surface area contributed by atoms with Crippen molar-refractivity contribution in [3.05, 3.63) is 40.5 Å². The van der Waals surface area contributed by atoms with Crippen molar-refractivity contribution >= 4 is 46.6 Å². The molecule has 2 saturated heterocycles. The van der Waals surface area contributed by atoms with Crippen LogP contribution in [0, 0.1) is 0 Å². The first-order chi connectivity index (χ1) is 17.8. The van der Waals surface area contributed by atoms with E-state index in [-0.39, 0.29) is 30.4 Å². The molecular formula is C24H28Cl2N6O5. The first kappa shape index (κ1) is 25.7. The molecule has 1 aromatic heterocycles. The fourth-order valence-electron chi connectivity index (χ4n) is 4.75. The number of epoxide rings is 1. The summed E-state index contributed by atoms with van der Waals surface area (Å²) in [5.41, 5.74) is 1.41. The number of aromatic nitrogens is 2. The van der Waals surface area contributed by atoms with Gasteiger partial charge >= 0.3 is 0 Å². The summed E-state index contributed by atoms with van der Waals surface area (Å²) in [5, 5.41) is 4.05. The van der Waals surface area contributed by atoms with Gasteiger partial charge in [-0.2, -0.15) is 4.98 Å². The Bertz CT molecular complexity index is 1200. The highest BCUT2D eigenvalue weighted by molar-refractivity contribution is 6.41. The van der Waals surface area contributed by atoms with Gasteiger partial charge in [0.05, 0.1) is 51.7 Å². The Kier molecular flexibility index (Phi) is 6.97. The Morgan fingerprint density at radius 3 is 2.59 bits per heavy atom. The van der Waals surface area contributed by atoms with Crippen molar-refractivity contribution < 1.29 is 23.7 Å². The van der Waals surface area contributed by atoms with Gasteiger partial charge in [0.2, 0.25) is 11.9 Å². The molecule has 1 aromatic carbocycles. The molecule has 37 heavy (non-hydrogen) atoms. The average molecular weight is 551 g/mol. The lowest BCUT2D eigenvalue weighted by molar-refractivity contribution is -0.126. The van der Waals surface area contributed by atoms with Crippen LogP contribution in [0.1, 0.15) is 5.56 Å². The Hall–Kier alpha value is -2.99. The monoisotopic (exact) mass is 550 g/mol. The molecule has 1 amide bonds. The number of likely N-dealkylation sites (N-methyl/N-ethyl adjacent to an activating group) is 2. The molecule has 3 aliphatic rings. The molecule has 2 fully saturated rings. The fourth-order valence-corrected chi connectivity index (χ4v) is 5.47. The van der Waals surface area contributed by atoms with Gasteiger partial charge in [-0.15, -0.1) is 0 Å². The van der Waals surface area contributed by atoms with E-state index in [4.69, 9.17) is 47.1 Å². The first-order valence-corrected chi connectivity index (χ1v) is 12.4. The van der Waals surface area contributed by atoms with Crippen LogP contribution in [-0.4, -0.2) is 86.8 Å². The quantitative estimate of drug-likeness (QED) is 0.408. The highest BCUT2D eigenvalue weighted by Crippen LogP contribution is 2.50. The van der Waals surface area contributed by atoms with E-state index in [0.29, 0.717) is 58.8 Å². The van der Waals surface area contributed by atoms with E-state index in [1.807, 2.05) is 16.8 Å². The maximum Gasteiger partial charge on any atom is 0.246 e. The van der Waals surface area contributed by atoms with Crippen LogP contribution >= 0.6 is 23.2 Å². The number of benzene rings is 1. The Balaban J connectivity index is 1.45. The van der Waals surface area contributed by atoms with Crippen molar-refractivity contribution in [1.29, 1.82) is 0 Å². The summed E-state index contributed by atoms with van der Waals surface area (Å²) in [5.74, 6) is 1.85. The summed E-state index contributed by atoms with van der Waals surface area (Å²) in [7, 11) is 6.71. The van der Waals surface area contributed by atoms with Crippen molar-refractivity contribution in [2.24, 2.45) is 0 Å². The van der Waals surface area contributed by atoms with Crippen LogP contribution in [0.15, 0.2) is 24.9 Å². The number of fused-ring (bicyclic) bond motifs is 2. The number of amides is 1. The summed E-state index contributed by atoms with van der Waals surface area (Å²) < 4.78 is 22.5. The number of hydrogen-bond acceptors (Lipinski definition) is 10. The topological polar surface area (TPSA) is 105 Å². The zero-order valence-electron chi connectivity index (χ0n) is 20.9. The van der Waals surface area contributed by atoms with Crippen molar-refractivity contribution in [2.75, 3.05) is 56.6 Å². The van der Waals surface area contributed by atoms with E-state index in [9.17, 15) is 4.79 Å². The highest BCUT2D eigenvalue weighted by atomic mass is 35.5. The van der Waals surface area contributed by atoms with Gasteiger partial charge in [-0.05, 0) is 6.08 Å². The van der Waals surface area contributed by atoms with Crippen molar-refractivity contribution in [3.63, 3.8) is 0 Å². The molecule has 2 aromatic rings. The predicted molar refractivity (Wildman–Crippen MR) is 140 cm³/mol. The maximum atomic E-state index is 12.1. The van der Waals surface area contributed by atoms with E-state index in [1.54, 1.807) is 24.2 Å². The summed E-state index contributed by atoms with van der Waals surface area (Å²) in [6.07, 6.45) is 2.47. The van der Waals surface area contributed by atoms with Crippen molar-refractivity contribution in [3.8, 4) is 11.5 Å². The lowest BCUT2D eigenvalue weighted by atomic mass is 10.1. The van der Waals surface area contributed by atoms with Crippen LogP contribution in [0.2, 0.25) is 10.0 Å². The minimum Gasteiger partial charge on any atom is -0.495 e. The number of halogens is 2. The summed E-state index contributed by atoms with van der Waals surface area (Å²) >= 11 is 13.4. The van der Waals surface area contributed by atoms with Gasteiger partial charge in [0, 0.05) is 31.9 Å². The number of anilines is 3. The number of hydrogen-bond donors (Lipinski definition) is 1. The smallest absolute Gasteiger partial charge is 0.246 e. The molecule has 5 rings (SSSR count). The predicted octanol–water partition coefficient (Wildman–Crippen LogP) is 2.76. The molecule has 13 heteroatoms. The van der Waals surface area contributed by atoms with Gasteiger partial charge in [0.15, 0.2) is 12.5 Å². The number of carbonyl (C=O) groups excluding carboxylic acids is 1. The number of methoxy groups -OCH3 is 2. The molecule has 4 heterocycles. The van der Waals surface area contributed by atoms with E-state index < -0.39 is 0 Å². The van der Waals surface area contributed by atoms with E-state index in [2.05, 4.69) is 16.9 Å². The highest BCUT2D eigenvalue weighted by Gasteiger charge is 2.51. The van der Waals surface area contributed by atoms with Crippen LogP contribution in [-0.2, 0) is 20.8 Å². The number of nitrogens with one attached hydrogen (secondary N) is 1. The molecule has 1 N–H and O–H groups in total. The molecule has 4 atom stereocenters.